The number of esters is 1. The summed E-state index contributed by atoms with van der Waals surface area (Å²) < 4.78 is 27.5. The van der Waals surface area contributed by atoms with Gasteiger partial charge in [-0.3, -0.25) is 9.36 Å². The Kier molecular flexibility index (Phi) is 6.24. The van der Waals surface area contributed by atoms with Crippen LogP contribution in [0.2, 0.25) is 0 Å². The summed E-state index contributed by atoms with van der Waals surface area (Å²) in [6.07, 6.45) is 3.89. The predicted molar refractivity (Wildman–Crippen MR) is 72.9 cm³/mol. The summed E-state index contributed by atoms with van der Waals surface area (Å²) in [6, 6.07) is 0. The fraction of sp³-hybridized carbons (Fsp3) is 0.769. The average molecular weight is 290 g/mol. The van der Waals surface area contributed by atoms with E-state index in [1.54, 1.807) is 26.8 Å². The van der Waals surface area contributed by atoms with Gasteiger partial charge in [0.1, 0.15) is 0 Å². The van der Waals surface area contributed by atoms with Crippen LogP contribution in [-0.2, 0) is 23.1 Å². The second-order valence-electron chi connectivity index (χ2n) is 4.47. The van der Waals surface area contributed by atoms with Gasteiger partial charge < -0.3 is 13.8 Å². The Labute approximate surface area is 114 Å². The first-order chi connectivity index (χ1) is 9.02. The molecule has 0 aliphatic heterocycles. The third-order valence-electron chi connectivity index (χ3n) is 2.98. The van der Waals surface area contributed by atoms with Gasteiger partial charge in [0.05, 0.1) is 25.2 Å². The van der Waals surface area contributed by atoms with Gasteiger partial charge in [-0.25, -0.2) is 0 Å². The van der Waals surface area contributed by atoms with E-state index in [2.05, 4.69) is 0 Å². The Morgan fingerprint density at radius 3 is 2.16 bits per heavy atom. The van der Waals surface area contributed by atoms with Crippen LogP contribution in [0.15, 0.2) is 11.9 Å². The zero-order valence-corrected chi connectivity index (χ0v) is 12.8. The summed E-state index contributed by atoms with van der Waals surface area (Å²) in [5, 5.41) is 0. The van der Waals surface area contributed by atoms with E-state index in [1.807, 2.05) is 0 Å². The standard InChI is InChI=1S/C13H23O5P/c1-4-16-12(14)13(9-10-13)8-7-11-19(15,17-5-2)18-6-3/h7,11H,4-6,8-10H2,1-3H3/b11-7+. The first-order valence-corrected chi connectivity index (χ1v) is 8.37. The molecule has 1 fully saturated rings. The Morgan fingerprint density at radius 1 is 1.16 bits per heavy atom. The summed E-state index contributed by atoms with van der Waals surface area (Å²) in [6.45, 7) is 6.36. The van der Waals surface area contributed by atoms with Crippen LogP contribution < -0.4 is 0 Å². The van der Waals surface area contributed by atoms with E-state index in [-0.39, 0.29) is 5.97 Å². The van der Waals surface area contributed by atoms with Crippen molar-refractivity contribution in [2.45, 2.75) is 40.0 Å². The lowest BCUT2D eigenvalue weighted by Gasteiger charge is -2.14. The molecule has 0 aromatic heterocycles. The highest BCUT2D eigenvalue weighted by Gasteiger charge is 2.50. The molecule has 0 N–H and O–H groups in total. The molecule has 110 valence electrons. The molecule has 0 spiro atoms. The van der Waals surface area contributed by atoms with Crippen LogP contribution >= 0.6 is 7.60 Å². The zero-order chi connectivity index (χ0) is 14.4. The molecule has 0 bridgehead atoms. The molecule has 5 nitrogen and oxygen atoms in total. The topological polar surface area (TPSA) is 61.8 Å². The minimum Gasteiger partial charge on any atom is -0.466 e. The highest BCUT2D eigenvalue weighted by Crippen LogP contribution is 2.53. The number of carbonyl (C=O) groups excluding carboxylic acids is 1. The van der Waals surface area contributed by atoms with Gasteiger partial charge in [-0.05, 0) is 40.0 Å². The van der Waals surface area contributed by atoms with Gasteiger partial charge in [0.25, 0.3) is 0 Å². The molecule has 1 rings (SSSR count). The maximum atomic E-state index is 12.2. The zero-order valence-electron chi connectivity index (χ0n) is 11.9. The largest absolute Gasteiger partial charge is 0.466 e. The van der Waals surface area contributed by atoms with E-state index in [1.165, 1.54) is 5.82 Å². The molecule has 0 heterocycles. The molecule has 1 aliphatic rings. The van der Waals surface area contributed by atoms with E-state index in [0.29, 0.717) is 26.2 Å². The number of hydrogen-bond acceptors (Lipinski definition) is 5. The van der Waals surface area contributed by atoms with Crippen LogP contribution in [0.4, 0.5) is 0 Å². The summed E-state index contributed by atoms with van der Waals surface area (Å²) in [7, 11) is -3.16. The monoisotopic (exact) mass is 290 g/mol. The van der Waals surface area contributed by atoms with E-state index >= 15 is 0 Å². The van der Waals surface area contributed by atoms with Crippen molar-refractivity contribution in [1.29, 1.82) is 0 Å². The van der Waals surface area contributed by atoms with Gasteiger partial charge in [0.15, 0.2) is 0 Å². The third-order valence-corrected chi connectivity index (χ3v) is 4.79. The van der Waals surface area contributed by atoms with E-state index in [0.717, 1.165) is 12.8 Å². The SMILES string of the molecule is CCOC(=O)C1(C/C=C/P(=O)(OCC)OCC)CC1. The minimum atomic E-state index is -3.16. The fourth-order valence-electron chi connectivity index (χ4n) is 1.82. The van der Waals surface area contributed by atoms with Crippen molar-refractivity contribution in [3.8, 4) is 0 Å². The summed E-state index contributed by atoms with van der Waals surface area (Å²) >= 11 is 0. The van der Waals surface area contributed by atoms with E-state index in [4.69, 9.17) is 13.8 Å². The van der Waals surface area contributed by atoms with Crippen molar-refractivity contribution in [3.05, 3.63) is 11.9 Å². The van der Waals surface area contributed by atoms with Gasteiger partial charge >= 0.3 is 13.6 Å². The molecule has 1 saturated carbocycles. The van der Waals surface area contributed by atoms with Crippen LogP contribution in [0.25, 0.3) is 0 Å². The van der Waals surface area contributed by atoms with Crippen LogP contribution in [0.5, 0.6) is 0 Å². The number of rotatable bonds is 9. The second-order valence-corrected chi connectivity index (χ2v) is 6.36. The van der Waals surface area contributed by atoms with Crippen LogP contribution in [0, 0.1) is 5.41 Å². The van der Waals surface area contributed by atoms with Gasteiger partial charge in [-0.2, -0.15) is 0 Å². The molecule has 0 atom stereocenters. The lowest BCUT2D eigenvalue weighted by molar-refractivity contribution is -0.149. The van der Waals surface area contributed by atoms with Crippen molar-refractivity contribution >= 4 is 13.6 Å². The Bertz CT molecular complexity index is 363. The molecular formula is C13H23O5P. The molecule has 19 heavy (non-hydrogen) atoms. The summed E-state index contributed by atoms with van der Waals surface area (Å²) in [5.41, 5.74) is -0.407. The smallest absolute Gasteiger partial charge is 0.353 e. The van der Waals surface area contributed by atoms with E-state index < -0.39 is 13.0 Å². The lowest BCUT2D eigenvalue weighted by atomic mass is 10.0. The van der Waals surface area contributed by atoms with E-state index in [9.17, 15) is 9.36 Å². The fourth-order valence-corrected chi connectivity index (χ4v) is 3.15. The maximum Gasteiger partial charge on any atom is 0.353 e. The van der Waals surface area contributed by atoms with Gasteiger partial charge in [-0.1, -0.05) is 6.08 Å². The highest BCUT2D eigenvalue weighted by molar-refractivity contribution is 7.57. The maximum absolute atomic E-state index is 12.2. The van der Waals surface area contributed by atoms with Crippen molar-refractivity contribution < 1.29 is 23.1 Å². The van der Waals surface area contributed by atoms with Crippen molar-refractivity contribution in [3.63, 3.8) is 0 Å². The molecule has 0 radical (unpaired) electrons. The molecule has 0 saturated heterocycles. The van der Waals surface area contributed by atoms with Crippen molar-refractivity contribution in [2.24, 2.45) is 5.41 Å². The van der Waals surface area contributed by atoms with Crippen LogP contribution in [0.3, 0.4) is 0 Å². The molecular weight excluding hydrogens is 267 g/mol. The average Bonchev–Trinajstić information content (AvgIpc) is 3.11. The lowest BCUT2D eigenvalue weighted by Crippen LogP contribution is -2.18. The summed E-state index contributed by atoms with van der Waals surface area (Å²) in [5.74, 6) is 1.29. The Morgan fingerprint density at radius 2 is 1.74 bits per heavy atom. The first-order valence-electron chi connectivity index (χ1n) is 6.75. The molecule has 0 unspecified atom stereocenters. The number of allylic oxidation sites excluding steroid dienone is 1. The normalized spacial score (nSPS) is 17.6. The quantitative estimate of drug-likeness (QED) is 0.480. The number of ether oxygens (including phenoxy) is 1. The minimum absolute atomic E-state index is 0.165. The second kappa shape index (κ2) is 7.22. The molecule has 0 amide bonds. The third kappa shape index (κ3) is 4.75. The summed E-state index contributed by atoms with van der Waals surface area (Å²) in [4.78, 5) is 11.7. The first kappa shape index (κ1) is 16.4. The Hall–Kier alpha value is -0.640. The molecule has 0 aromatic rings. The molecule has 0 aromatic carbocycles. The number of hydrogen-bond donors (Lipinski definition) is 0. The van der Waals surface area contributed by atoms with Gasteiger partial charge in [-0.15, -0.1) is 0 Å². The van der Waals surface area contributed by atoms with Crippen molar-refractivity contribution in [1.82, 2.24) is 0 Å². The molecule has 1 aliphatic carbocycles. The van der Waals surface area contributed by atoms with Crippen LogP contribution in [-0.4, -0.2) is 25.8 Å². The van der Waals surface area contributed by atoms with Crippen molar-refractivity contribution in [2.75, 3.05) is 19.8 Å². The molecule has 6 heteroatoms. The van der Waals surface area contributed by atoms with Gasteiger partial charge in [0.2, 0.25) is 0 Å². The van der Waals surface area contributed by atoms with Crippen LogP contribution in [0.1, 0.15) is 40.0 Å². The highest BCUT2D eigenvalue weighted by atomic mass is 31.2. The predicted octanol–water partition coefficient (Wildman–Crippen LogP) is 3.50. The van der Waals surface area contributed by atoms with Gasteiger partial charge in [0, 0.05) is 5.82 Å². The Balaban J connectivity index is 2.57. The number of carbonyl (C=O) groups is 1.